The first-order valence-corrected chi connectivity index (χ1v) is 8.80. The highest BCUT2D eigenvalue weighted by molar-refractivity contribution is 7.10. The van der Waals surface area contributed by atoms with Gasteiger partial charge in [-0.05, 0) is 68.1 Å². The van der Waals surface area contributed by atoms with Gasteiger partial charge in [0.2, 0.25) is 5.91 Å². The van der Waals surface area contributed by atoms with E-state index in [0.29, 0.717) is 11.9 Å². The number of rotatable bonds is 2. The minimum atomic E-state index is 0.262. The number of carbonyl (C=O) groups excluding carboxylic acids is 1. The van der Waals surface area contributed by atoms with Crippen molar-refractivity contribution in [1.29, 1.82) is 0 Å². The number of hydrogen-bond donors (Lipinski definition) is 1. The van der Waals surface area contributed by atoms with Gasteiger partial charge in [0, 0.05) is 17.3 Å². The number of carbonyl (C=O) groups is 1. The van der Waals surface area contributed by atoms with E-state index in [-0.39, 0.29) is 5.92 Å². The number of nitrogens with zero attached hydrogens (tertiary/aromatic N) is 1. The van der Waals surface area contributed by atoms with Crippen LogP contribution in [-0.2, 0) is 11.2 Å². The quantitative estimate of drug-likeness (QED) is 0.908. The number of nitrogens with one attached hydrogen (secondary N) is 1. The molecule has 20 heavy (non-hydrogen) atoms. The molecule has 4 heteroatoms. The van der Waals surface area contributed by atoms with Crippen molar-refractivity contribution < 1.29 is 4.79 Å². The Hall–Kier alpha value is -0.870. The molecule has 1 saturated heterocycles. The average Bonchev–Trinajstić information content (AvgIpc) is 3.23. The first kappa shape index (κ1) is 12.8. The molecule has 1 amide bonds. The number of piperidine rings is 1. The Kier molecular flexibility index (Phi) is 3.31. The van der Waals surface area contributed by atoms with E-state index in [1.165, 1.54) is 23.3 Å². The molecule has 1 atom stereocenters. The summed E-state index contributed by atoms with van der Waals surface area (Å²) < 4.78 is 0. The lowest BCUT2D eigenvalue weighted by Crippen LogP contribution is -2.46. The molecule has 1 aliphatic carbocycles. The molecule has 0 radical (unpaired) electrons. The predicted molar refractivity (Wildman–Crippen MR) is 80.8 cm³/mol. The highest BCUT2D eigenvalue weighted by atomic mass is 32.1. The number of hydrogen-bond acceptors (Lipinski definition) is 3. The zero-order valence-electron chi connectivity index (χ0n) is 11.8. The molecular weight excluding hydrogens is 268 g/mol. The molecule has 1 N–H and O–H groups in total. The second-order valence-corrected chi connectivity index (χ2v) is 7.39. The summed E-state index contributed by atoms with van der Waals surface area (Å²) in [4.78, 5) is 16.7. The minimum absolute atomic E-state index is 0.262. The van der Waals surface area contributed by atoms with Gasteiger partial charge in [0.1, 0.15) is 0 Å². The van der Waals surface area contributed by atoms with Gasteiger partial charge in [-0.1, -0.05) is 0 Å². The first-order chi connectivity index (χ1) is 9.84. The zero-order chi connectivity index (χ0) is 13.5. The Labute approximate surface area is 124 Å². The van der Waals surface area contributed by atoms with Crippen molar-refractivity contribution in [2.45, 2.75) is 38.1 Å². The van der Waals surface area contributed by atoms with E-state index in [4.69, 9.17) is 0 Å². The van der Waals surface area contributed by atoms with E-state index >= 15 is 0 Å². The molecule has 3 aliphatic rings. The number of fused-ring (bicyclic) bond motifs is 1. The third-order valence-electron chi connectivity index (χ3n) is 5.05. The molecule has 1 unspecified atom stereocenters. The maximum absolute atomic E-state index is 12.9. The second-order valence-electron chi connectivity index (χ2n) is 6.39. The van der Waals surface area contributed by atoms with Gasteiger partial charge < -0.3 is 10.2 Å². The Balaban J connectivity index is 1.59. The molecule has 1 aromatic rings. The highest BCUT2D eigenvalue weighted by Gasteiger charge is 2.43. The molecule has 108 valence electrons. The summed E-state index contributed by atoms with van der Waals surface area (Å²) in [5.74, 6) is 1.42. The lowest BCUT2D eigenvalue weighted by molar-refractivity contribution is -0.140. The van der Waals surface area contributed by atoms with Crippen LogP contribution in [0, 0.1) is 11.8 Å². The van der Waals surface area contributed by atoms with Crippen LogP contribution in [-0.4, -0.2) is 30.4 Å². The van der Waals surface area contributed by atoms with Gasteiger partial charge in [-0.3, -0.25) is 4.79 Å². The Morgan fingerprint density at radius 3 is 2.80 bits per heavy atom. The van der Waals surface area contributed by atoms with Crippen LogP contribution in [0.1, 0.15) is 42.2 Å². The molecule has 2 fully saturated rings. The van der Waals surface area contributed by atoms with Crippen LogP contribution in [0.25, 0.3) is 0 Å². The van der Waals surface area contributed by atoms with E-state index in [1.54, 1.807) is 0 Å². The summed E-state index contributed by atoms with van der Waals surface area (Å²) in [5, 5.41) is 5.57. The lowest BCUT2D eigenvalue weighted by Gasteiger charge is -2.39. The van der Waals surface area contributed by atoms with Gasteiger partial charge >= 0.3 is 0 Å². The van der Waals surface area contributed by atoms with Crippen molar-refractivity contribution in [1.82, 2.24) is 10.2 Å². The average molecular weight is 290 g/mol. The first-order valence-electron chi connectivity index (χ1n) is 7.92. The molecule has 3 nitrogen and oxygen atoms in total. The summed E-state index contributed by atoms with van der Waals surface area (Å²) in [6.07, 6.45) is 5.70. The van der Waals surface area contributed by atoms with Crippen LogP contribution < -0.4 is 5.32 Å². The van der Waals surface area contributed by atoms with E-state index in [2.05, 4.69) is 21.7 Å². The van der Waals surface area contributed by atoms with Crippen molar-refractivity contribution in [3.8, 4) is 0 Å². The lowest BCUT2D eigenvalue weighted by atomic mass is 9.91. The van der Waals surface area contributed by atoms with Gasteiger partial charge in [0.05, 0.1) is 6.04 Å². The van der Waals surface area contributed by atoms with E-state index in [9.17, 15) is 4.79 Å². The third-order valence-corrected chi connectivity index (χ3v) is 6.05. The van der Waals surface area contributed by atoms with Crippen LogP contribution in [0.2, 0.25) is 0 Å². The molecule has 0 bridgehead atoms. The smallest absolute Gasteiger partial charge is 0.226 e. The van der Waals surface area contributed by atoms with Gasteiger partial charge in [0.25, 0.3) is 0 Å². The predicted octanol–water partition coefficient (Wildman–Crippen LogP) is 2.58. The van der Waals surface area contributed by atoms with Crippen LogP contribution in [0.3, 0.4) is 0 Å². The second kappa shape index (κ2) is 5.15. The molecule has 4 rings (SSSR count). The summed E-state index contributed by atoms with van der Waals surface area (Å²) in [6.45, 7) is 2.95. The van der Waals surface area contributed by atoms with E-state index in [1.807, 2.05) is 11.3 Å². The normalized spacial score (nSPS) is 27.4. The maximum atomic E-state index is 12.9. The van der Waals surface area contributed by atoms with Gasteiger partial charge in [-0.25, -0.2) is 0 Å². The van der Waals surface area contributed by atoms with Gasteiger partial charge in [-0.2, -0.15) is 0 Å². The standard InChI is InChI=1S/C16H22N2OS/c19-16(12-3-7-17-8-4-12)18-9-5-14-13(6-10-20-14)15(18)11-1-2-11/h6,10-12,15,17H,1-5,7-9H2. The summed E-state index contributed by atoms with van der Waals surface area (Å²) in [5.41, 5.74) is 1.46. The SMILES string of the molecule is O=C(C1CCNCC1)N1CCc2sccc2C1C1CC1. The van der Waals surface area contributed by atoms with Crippen LogP contribution in [0.15, 0.2) is 11.4 Å². The van der Waals surface area contributed by atoms with Crippen molar-refractivity contribution in [2.24, 2.45) is 11.8 Å². The number of amides is 1. The Morgan fingerprint density at radius 1 is 1.25 bits per heavy atom. The van der Waals surface area contributed by atoms with Crippen LogP contribution >= 0.6 is 11.3 Å². The minimum Gasteiger partial charge on any atom is -0.335 e. The largest absolute Gasteiger partial charge is 0.335 e. The molecule has 3 heterocycles. The fourth-order valence-corrected chi connectivity index (χ4v) is 4.73. The van der Waals surface area contributed by atoms with Crippen LogP contribution in [0.5, 0.6) is 0 Å². The molecule has 0 aromatic carbocycles. The van der Waals surface area contributed by atoms with Crippen molar-refractivity contribution in [3.63, 3.8) is 0 Å². The van der Waals surface area contributed by atoms with Crippen LogP contribution in [0.4, 0.5) is 0 Å². The Morgan fingerprint density at radius 2 is 2.05 bits per heavy atom. The van der Waals surface area contributed by atoms with E-state index in [0.717, 1.165) is 44.8 Å². The fourth-order valence-electron chi connectivity index (χ4n) is 3.82. The molecular formula is C16H22N2OS. The monoisotopic (exact) mass is 290 g/mol. The van der Waals surface area contributed by atoms with Gasteiger partial charge in [-0.15, -0.1) is 11.3 Å². The Bertz CT molecular complexity index is 502. The van der Waals surface area contributed by atoms with E-state index < -0.39 is 0 Å². The molecule has 1 aromatic heterocycles. The number of thiophene rings is 1. The maximum Gasteiger partial charge on any atom is 0.226 e. The summed E-state index contributed by atoms with van der Waals surface area (Å²) in [7, 11) is 0. The fraction of sp³-hybridized carbons (Fsp3) is 0.688. The molecule has 2 aliphatic heterocycles. The highest BCUT2D eigenvalue weighted by Crippen LogP contribution is 2.48. The summed E-state index contributed by atoms with van der Waals surface area (Å²) in [6, 6.07) is 2.66. The third kappa shape index (κ3) is 2.19. The van der Waals surface area contributed by atoms with Crippen molar-refractivity contribution in [2.75, 3.05) is 19.6 Å². The topological polar surface area (TPSA) is 32.3 Å². The van der Waals surface area contributed by atoms with Crippen molar-refractivity contribution >= 4 is 17.2 Å². The van der Waals surface area contributed by atoms with Gasteiger partial charge in [0.15, 0.2) is 0 Å². The summed E-state index contributed by atoms with van der Waals surface area (Å²) >= 11 is 1.88. The van der Waals surface area contributed by atoms with Crippen molar-refractivity contribution in [3.05, 3.63) is 21.9 Å². The zero-order valence-corrected chi connectivity index (χ0v) is 12.6. The molecule has 1 saturated carbocycles. The molecule has 0 spiro atoms.